The topological polar surface area (TPSA) is 64.6 Å². The highest BCUT2D eigenvalue weighted by Gasteiger charge is 2.28. The predicted octanol–water partition coefficient (Wildman–Crippen LogP) is 4.94. The highest BCUT2D eigenvalue weighted by Crippen LogP contribution is 2.39. The molecule has 0 fully saturated rings. The molecule has 0 saturated carbocycles. The second-order valence-corrected chi connectivity index (χ2v) is 8.10. The van der Waals surface area contributed by atoms with Crippen LogP contribution >= 0.6 is 11.3 Å². The van der Waals surface area contributed by atoms with Crippen molar-refractivity contribution in [1.82, 2.24) is 0 Å². The highest BCUT2D eigenvalue weighted by atomic mass is 32.1. The summed E-state index contributed by atoms with van der Waals surface area (Å²) >= 11 is 1.47. The number of ether oxygens (including phenoxy) is 2. The molecule has 2 aromatic rings. The molecule has 1 heterocycles. The SMILES string of the molecule is CCOC(=O)c1c(NC(=O)COc2ccc([C@@H](C)CC)cc2)sc2c1CCC2. The number of hydrogen-bond acceptors (Lipinski definition) is 5. The summed E-state index contributed by atoms with van der Waals surface area (Å²) in [4.78, 5) is 25.9. The fourth-order valence-electron chi connectivity index (χ4n) is 3.35. The fraction of sp³-hybridized carbons (Fsp3) is 0.455. The first-order chi connectivity index (χ1) is 13.5. The van der Waals surface area contributed by atoms with Crippen LogP contribution in [-0.4, -0.2) is 25.1 Å². The molecule has 6 heteroatoms. The summed E-state index contributed by atoms with van der Waals surface area (Å²) in [5, 5.41) is 3.42. The van der Waals surface area contributed by atoms with Gasteiger partial charge in [0.2, 0.25) is 0 Å². The molecule has 0 radical (unpaired) electrons. The molecular formula is C22H27NO4S. The summed E-state index contributed by atoms with van der Waals surface area (Å²) < 4.78 is 10.8. The van der Waals surface area contributed by atoms with E-state index >= 15 is 0 Å². The molecule has 0 saturated heterocycles. The van der Waals surface area contributed by atoms with Crippen molar-refractivity contribution in [2.75, 3.05) is 18.5 Å². The van der Waals surface area contributed by atoms with Gasteiger partial charge < -0.3 is 14.8 Å². The second kappa shape index (κ2) is 9.24. The average Bonchev–Trinajstić information content (AvgIpc) is 3.27. The molecule has 150 valence electrons. The van der Waals surface area contributed by atoms with Crippen LogP contribution in [0.4, 0.5) is 5.00 Å². The molecule has 1 aliphatic rings. The Bertz CT molecular complexity index is 841. The average molecular weight is 402 g/mol. The van der Waals surface area contributed by atoms with Gasteiger partial charge in [0.05, 0.1) is 12.2 Å². The molecule has 1 amide bonds. The van der Waals surface area contributed by atoms with Gasteiger partial charge in [0.1, 0.15) is 10.8 Å². The summed E-state index contributed by atoms with van der Waals surface area (Å²) in [5.41, 5.74) is 2.80. The van der Waals surface area contributed by atoms with E-state index in [0.29, 0.717) is 28.8 Å². The maximum atomic E-state index is 12.4. The van der Waals surface area contributed by atoms with Crippen molar-refractivity contribution in [3.63, 3.8) is 0 Å². The van der Waals surface area contributed by atoms with E-state index in [0.717, 1.165) is 31.2 Å². The highest BCUT2D eigenvalue weighted by molar-refractivity contribution is 7.17. The fourth-order valence-corrected chi connectivity index (χ4v) is 4.64. The van der Waals surface area contributed by atoms with Crippen molar-refractivity contribution in [1.29, 1.82) is 0 Å². The molecule has 1 aromatic carbocycles. The number of carbonyl (C=O) groups is 2. The summed E-state index contributed by atoms with van der Waals surface area (Å²) in [6.45, 7) is 6.33. The number of rotatable bonds is 8. The van der Waals surface area contributed by atoms with Crippen molar-refractivity contribution < 1.29 is 19.1 Å². The van der Waals surface area contributed by atoms with Gasteiger partial charge in [-0.15, -0.1) is 11.3 Å². The van der Waals surface area contributed by atoms with E-state index in [2.05, 4.69) is 19.2 Å². The van der Waals surface area contributed by atoms with Gasteiger partial charge >= 0.3 is 5.97 Å². The zero-order valence-corrected chi connectivity index (χ0v) is 17.5. The Morgan fingerprint density at radius 1 is 1.18 bits per heavy atom. The van der Waals surface area contributed by atoms with Crippen LogP contribution in [0.2, 0.25) is 0 Å². The zero-order chi connectivity index (χ0) is 20.1. The van der Waals surface area contributed by atoms with Crippen LogP contribution in [0.15, 0.2) is 24.3 Å². The van der Waals surface area contributed by atoms with E-state index in [4.69, 9.17) is 9.47 Å². The number of aryl methyl sites for hydroxylation is 1. The third kappa shape index (κ3) is 4.55. The van der Waals surface area contributed by atoms with Crippen LogP contribution in [-0.2, 0) is 22.4 Å². The maximum absolute atomic E-state index is 12.4. The van der Waals surface area contributed by atoms with Crippen molar-refractivity contribution in [2.45, 2.75) is 52.4 Å². The molecule has 1 aromatic heterocycles. The number of esters is 1. The van der Waals surface area contributed by atoms with Gasteiger partial charge in [0.25, 0.3) is 5.91 Å². The largest absolute Gasteiger partial charge is 0.484 e. The minimum Gasteiger partial charge on any atom is -0.484 e. The Morgan fingerprint density at radius 3 is 2.61 bits per heavy atom. The number of nitrogens with one attached hydrogen (secondary N) is 1. The summed E-state index contributed by atoms with van der Waals surface area (Å²) in [6, 6.07) is 7.84. The Balaban J connectivity index is 1.63. The lowest BCUT2D eigenvalue weighted by atomic mass is 9.99. The molecule has 1 N–H and O–H groups in total. The lowest BCUT2D eigenvalue weighted by Gasteiger charge is -2.11. The normalized spacial score (nSPS) is 13.7. The third-order valence-corrected chi connectivity index (χ3v) is 6.29. The number of benzene rings is 1. The summed E-state index contributed by atoms with van der Waals surface area (Å²) in [7, 11) is 0. The number of anilines is 1. The van der Waals surface area contributed by atoms with E-state index in [-0.39, 0.29) is 18.5 Å². The summed E-state index contributed by atoms with van der Waals surface area (Å²) in [5.74, 6) is 0.510. The molecule has 1 atom stereocenters. The van der Waals surface area contributed by atoms with Crippen LogP contribution < -0.4 is 10.1 Å². The number of amides is 1. The molecule has 1 aliphatic carbocycles. The van der Waals surface area contributed by atoms with Gasteiger partial charge in [-0.3, -0.25) is 4.79 Å². The monoisotopic (exact) mass is 401 g/mol. The van der Waals surface area contributed by atoms with E-state index in [1.165, 1.54) is 21.8 Å². The lowest BCUT2D eigenvalue weighted by Crippen LogP contribution is -2.21. The minimum absolute atomic E-state index is 0.104. The van der Waals surface area contributed by atoms with E-state index in [1.54, 1.807) is 6.92 Å². The van der Waals surface area contributed by atoms with E-state index < -0.39 is 0 Å². The van der Waals surface area contributed by atoms with Gasteiger partial charge in [-0.1, -0.05) is 26.0 Å². The lowest BCUT2D eigenvalue weighted by molar-refractivity contribution is -0.118. The number of hydrogen-bond donors (Lipinski definition) is 1. The zero-order valence-electron chi connectivity index (χ0n) is 16.7. The summed E-state index contributed by atoms with van der Waals surface area (Å²) in [6.07, 6.45) is 3.92. The van der Waals surface area contributed by atoms with Crippen molar-refractivity contribution in [2.24, 2.45) is 0 Å². The van der Waals surface area contributed by atoms with Crippen molar-refractivity contribution in [3.05, 3.63) is 45.8 Å². The molecular weight excluding hydrogens is 374 g/mol. The van der Waals surface area contributed by atoms with Gasteiger partial charge in [-0.2, -0.15) is 0 Å². The second-order valence-electron chi connectivity index (χ2n) is 7.00. The molecule has 0 unspecified atom stereocenters. The molecule has 0 bridgehead atoms. The first-order valence-electron chi connectivity index (χ1n) is 9.87. The van der Waals surface area contributed by atoms with Crippen LogP contribution in [0.25, 0.3) is 0 Å². The standard InChI is InChI=1S/C22H27NO4S/c1-4-14(3)15-9-11-16(12-10-15)27-13-19(24)23-21-20(22(25)26-5-2)17-7-6-8-18(17)28-21/h9-12,14H,4-8,13H2,1-3H3,(H,23,24)/t14-/m0/s1. The first kappa shape index (κ1) is 20.4. The van der Waals surface area contributed by atoms with Crippen LogP contribution in [0.1, 0.15) is 65.9 Å². The Labute approximate surface area is 170 Å². The number of carbonyl (C=O) groups excluding carboxylic acids is 2. The number of thiophene rings is 1. The quantitative estimate of drug-likeness (QED) is 0.636. The van der Waals surface area contributed by atoms with Crippen LogP contribution in [0.3, 0.4) is 0 Å². The first-order valence-corrected chi connectivity index (χ1v) is 10.7. The maximum Gasteiger partial charge on any atom is 0.341 e. The Hall–Kier alpha value is -2.34. The Kier molecular flexibility index (Phi) is 6.73. The number of fused-ring (bicyclic) bond motifs is 1. The Morgan fingerprint density at radius 2 is 1.93 bits per heavy atom. The molecule has 0 spiro atoms. The van der Waals surface area contributed by atoms with E-state index in [9.17, 15) is 9.59 Å². The molecule has 0 aliphatic heterocycles. The van der Waals surface area contributed by atoms with Gasteiger partial charge in [-0.05, 0) is 61.8 Å². The predicted molar refractivity (Wildman–Crippen MR) is 112 cm³/mol. The minimum atomic E-state index is -0.362. The molecule has 3 rings (SSSR count). The molecule has 5 nitrogen and oxygen atoms in total. The van der Waals surface area contributed by atoms with Crippen molar-refractivity contribution in [3.8, 4) is 5.75 Å². The smallest absolute Gasteiger partial charge is 0.341 e. The molecule has 28 heavy (non-hydrogen) atoms. The van der Waals surface area contributed by atoms with Gasteiger partial charge in [0, 0.05) is 4.88 Å². The third-order valence-electron chi connectivity index (χ3n) is 5.09. The van der Waals surface area contributed by atoms with Crippen LogP contribution in [0, 0.1) is 0 Å². The van der Waals surface area contributed by atoms with Gasteiger partial charge in [-0.25, -0.2) is 4.79 Å². The van der Waals surface area contributed by atoms with Gasteiger partial charge in [0.15, 0.2) is 6.61 Å². The van der Waals surface area contributed by atoms with Crippen LogP contribution in [0.5, 0.6) is 5.75 Å². The van der Waals surface area contributed by atoms with E-state index in [1.807, 2.05) is 24.3 Å². The van der Waals surface area contributed by atoms with Crippen molar-refractivity contribution >= 4 is 28.2 Å².